The predicted octanol–water partition coefficient (Wildman–Crippen LogP) is 5.09. The highest BCUT2D eigenvalue weighted by molar-refractivity contribution is 5.95. The van der Waals surface area contributed by atoms with Crippen LogP contribution in [-0.4, -0.2) is 71.7 Å². The Morgan fingerprint density at radius 1 is 0.838 bits per heavy atom. The van der Waals surface area contributed by atoms with E-state index < -0.39 is 0 Å². The fraction of sp³-hybridized carbons (Fsp3) is 0.333. The molecule has 1 aliphatic heterocycles. The molecular formula is C30H34N4O3. The van der Waals surface area contributed by atoms with E-state index in [0.717, 1.165) is 65.2 Å². The summed E-state index contributed by atoms with van der Waals surface area (Å²) in [5, 5.41) is 0. The van der Waals surface area contributed by atoms with Crippen molar-refractivity contribution in [2.75, 3.05) is 40.4 Å². The highest BCUT2D eigenvalue weighted by atomic mass is 16.5. The van der Waals surface area contributed by atoms with Gasteiger partial charge in [-0.15, -0.1) is 0 Å². The highest BCUT2D eigenvalue weighted by Crippen LogP contribution is 2.35. The van der Waals surface area contributed by atoms with Crippen molar-refractivity contribution >= 4 is 16.9 Å². The van der Waals surface area contributed by atoms with Crippen molar-refractivity contribution in [1.82, 2.24) is 19.4 Å². The number of amides is 1. The largest absolute Gasteiger partial charge is 0.493 e. The highest BCUT2D eigenvalue weighted by Gasteiger charge is 2.23. The van der Waals surface area contributed by atoms with Gasteiger partial charge in [0.2, 0.25) is 0 Å². The summed E-state index contributed by atoms with van der Waals surface area (Å²) in [4.78, 5) is 22.2. The van der Waals surface area contributed by atoms with E-state index in [1.807, 2.05) is 60.6 Å². The van der Waals surface area contributed by atoms with Gasteiger partial charge in [-0.05, 0) is 61.9 Å². The number of fused-ring (bicyclic) bond motifs is 1. The van der Waals surface area contributed by atoms with Crippen molar-refractivity contribution in [3.8, 4) is 33.9 Å². The molecule has 2 aromatic heterocycles. The van der Waals surface area contributed by atoms with Crippen LogP contribution in [0.3, 0.4) is 0 Å². The van der Waals surface area contributed by atoms with Crippen molar-refractivity contribution < 1.29 is 14.3 Å². The number of methoxy groups -OCH3 is 2. The van der Waals surface area contributed by atoms with Crippen LogP contribution >= 0.6 is 0 Å². The van der Waals surface area contributed by atoms with Crippen LogP contribution in [0.4, 0.5) is 0 Å². The summed E-state index contributed by atoms with van der Waals surface area (Å²) in [7, 11) is 5.32. The summed E-state index contributed by atoms with van der Waals surface area (Å²) in [6, 6.07) is 18.5. The lowest BCUT2D eigenvalue weighted by atomic mass is 10.0. The van der Waals surface area contributed by atoms with Gasteiger partial charge >= 0.3 is 0 Å². The predicted molar refractivity (Wildman–Crippen MR) is 147 cm³/mol. The zero-order chi connectivity index (χ0) is 26.1. The van der Waals surface area contributed by atoms with Gasteiger partial charge in [0.25, 0.3) is 5.91 Å². The first-order valence-electron chi connectivity index (χ1n) is 12.7. The average molecular weight is 499 g/mol. The molecule has 0 radical (unpaired) electrons. The van der Waals surface area contributed by atoms with Gasteiger partial charge in [-0.1, -0.05) is 12.1 Å². The maximum atomic E-state index is 13.0. The van der Waals surface area contributed by atoms with Crippen LogP contribution in [0.2, 0.25) is 0 Å². The van der Waals surface area contributed by atoms with E-state index in [0.29, 0.717) is 17.5 Å². The van der Waals surface area contributed by atoms with E-state index in [2.05, 4.69) is 35.4 Å². The molecule has 2 aromatic carbocycles. The van der Waals surface area contributed by atoms with E-state index in [1.54, 1.807) is 14.2 Å². The molecule has 0 unspecified atom stereocenters. The molecule has 1 aliphatic rings. The number of benzene rings is 2. The van der Waals surface area contributed by atoms with Crippen molar-refractivity contribution in [1.29, 1.82) is 0 Å². The SMILES string of the molecule is COc1ccc(-c2cc3ncc(-c4ccc(C(=O)N5CCN(C(C)C)CC5)cc4)cc3n2C)cc1OC. The number of pyridine rings is 1. The number of hydrogen-bond acceptors (Lipinski definition) is 5. The lowest BCUT2D eigenvalue weighted by Gasteiger charge is -2.37. The minimum absolute atomic E-state index is 0.102. The van der Waals surface area contributed by atoms with Crippen molar-refractivity contribution in [2.24, 2.45) is 7.05 Å². The number of carbonyl (C=O) groups is 1. The van der Waals surface area contributed by atoms with Crippen LogP contribution in [0.15, 0.2) is 60.8 Å². The average Bonchev–Trinajstić information content (AvgIpc) is 3.27. The Labute approximate surface area is 218 Å². The summed E-state index contributed by atoms with van der Waals surface area (Å²) < 4.78 is 13.0. The van der Waals surface area contributed by atoms with E-state index in [1.165, 1.54) is 0 Å². The first-order chi connectivity index (χ1) is 17.9. The number of hydrogen-bond donors (Lipinski definition) is 0. The summed E-state index contributed by atoms with van der Waals surface area (Å²) in [6.45, 7) is 7.80. The Bertz CT molecular complexity index is 1420. The van der Waals surface area contributed by atoms with Gasteiger partial charge in [0.1, 0.15) is 0 Å². The van der Waals surface area contributed by atoms with Gasteiger partial charge in [-0.2, -0.15) is 0 Å². The van der Waals surface area contributed by atoms with Gasteiger partial charge in [0.15, 0.2) is 11.5 Å². The molecule has 37 heavy (non-hydrogen) atoms. The van der Waals surface area contributed by atoms with Gasteiger partial charge in [0, 0.05) is 62.2 Å². The third-order valence-electron chi connectivity index (χ3n) is 7.37. The minimum Gasteiger partial charge on any atom is -0.493 e. The number of aromatic nitrogens is 2. The number of carbonyl (C=O) groups excluding carboxylic acids is 1. The van der Waals surface area contributed by atoms with Crippen LogP contribution < -0.4 is 9.47 Å². The topological polar surface area (TPSA) is 59.8 Å². The fourth-order valence-electron chi connectivity index (χ4n) is 5.06. The minimum atomic E-state index is 0.102. The van der Waals surface area contributed by atoms with E-state index in [9.17, 15) is 4.79 Å². The molecule has 1 amide bonds. The Balaban J connectivity index is 1.37. The van der Waals surface area contributed by atoms with E-state index >= 15 is 0 Å². The Morgan fingerprint density at radius 3 is 2.16 bits per heavy atom. The fourth-order valence-corrected chi connectivity index (χ4v) is 5.06. The monoisotopic (exact) mass is 498 g/mol. The van der Waals surface area contributed by atoms with Crippen LogP contribution in [0.1, 0.15) is 24.2 Å². The van der Waals surface area contributed by atoms with Gasteiger partial charge < -0.3 is 18.9 Å². The van der Waals surface area contributed by atoms with Gasteiger partial charge in [-0.3, -0.25) is 14.7 Å². The van der Waals surface area contributed by atoms with E-state index in [-0.39, 0.29) is 5.91 Å². The normalized spacial score (nSPS) is 14.4. The maximum absolute atomic E-state index is 13.0. The summed E-state index contributed by atoms with van der Waals surface area (Å²) in [5.74, 6) is 1.49. The van der Waals surface area contributed by atoms with Gasteiger partial charge in [-0.25, -0.2) is 0 Å². The summed E-state index contributed by atoms with van der Waals surface area (Å²) in [5.41, 5.74) is 6.79. The second kappa shape index (κ2) is 10.3. The van der Waals surface area contributed by atoms with Crippen LogP contribution in [0.5, 0.6) is 11.5 Å². The molecule has 4 aromatic rings. The smallest absolute Gasteiger partial charge is 0.253 e. The molecule has 0 aliphatic carbocycles. The van der Waals surface area contributed by atoms with E-state index in [4.69, 9.17) is 14.5 Å². The summed E-state index contributed by atoms with van der Waals surface area (Å²) in [6.07, 6.45) is 1.89. The third kappa shape index (κ3) is 4.79. The molecule has 7 heteroatoms. The molecule has 0 bridgehead atoms. The lowest BCUT2D eigenvalue weighted by Crippen LogP contribution is -2.50. The molecule has 7 nitrogen and oxygen atoms in total. The van der Waals surface area contributed by atoms with Crippen LogP contribution in [0, 0.1) is 0 Å². The van der Waals surface area contributed by atoms with Gasteiger partial charge in [0.05, 0.1) is 30.9 Å². The van der Waals surface area contributed by atoms with Crippen molar-refractivity contribution in [3.63, 3.8) is 0 Å². The molecule has 0 spiro atoms. The van der Waals surface area contributed by atoms with Crippen LogP contribution in [-0.2, 0) is 7.05 Å². The molecule has 1 fully saturated rings. The zero-order valence-electron chi connectivity index (χ0n) is 22.2. The van der Waals surface area contributed by atoms with Crippen LogP contribution in [0.25, 0.3) is 33.4 Å². The molecule has 192 valence electrons. The second-order valence-electron chi connectivity index (χ2n) is 9.79. The number of nitrogens with zero attached hydrogens (tertiary/aromatic N) is 4. The molecule has 5 rings (SSSR count). The third-order valence-corrected chi connectivity index (χ3v) is 7.37. The molecule has 0 N–H and O–H groups in total. The molecule has 0 saturated carbocycles. The summed E-state index contributed by atoms with van der Waals surface area (Å²) >= 11 is 0. The Hall–Kier alpha value is -3.84. The molecule has 0 atom stereocenters. The molecular weight excluding hydrogens is 464 g/mol. The first-order valence-corrected chi connectivity index (χ1v) is 12.7. The van der Waals surface area contributed by atoms with Crippen molar-refractivity contribution in [3.05, 3.63) is 66.4 Å². The molecule has 1 saturated heterocycles. The molecule has 3 heterocycles. The Kier molecular flexibility index (Phi) is 6.89. The maximum Gasteiger partial charge on any atom is 0.253 e. The first kappa shape index (κ1) is 24.8. The lowest BCUT2D eigenvalue weighted by molar-refractivity contribution is 0.0595. The second-order valence-corrected chi connectivity index (χ2v) is 9.79. The number of ether oxygens (including phenoxy) is 2. The standard InChI is InChI=1S/C30H34N4O3/c1-20(2)33-12-14-34(15-13-33)30(35)22-8-6-21(7-9-22)24-16-27-25(31-19-24)18-26(32(27)3)23-10-11-28(36-4)29(17-23)37-5/h6-11,16-20H,12-15H2,1-5H3. The zero-order valence-corrected chi connectivity index (χ0v) is 22.2. The van der Waals surface area contributed by atoms with Crippen molar-refractivity contribution in [2.45, 2.75) is 19.9 Å². The number of rotatable bonds is 6. The number of aryl methyl sites for hydroxylation is 1. The number of piperazine rings is 1. The quantitative estimate of drug-likeness (QED) is 0.371. The Morgan fingerprint density at radius 2 is 1.51 bits per heavy atom.